The third kappa shape index (κ3) is 13.8. The van der Waals surface area contributed by atoms with Gasteiger partial charge in [-0.1, -0.05) is 46.0 Å². The van der Waals surface area contributed by atoms with Gasteiger partial charge in [0.15, 0.2) is 0 Å². The normalized spacial score (nSPS) is 10.9. The minimum Gasteiger partial charge on any atom is -0.481 e. The van der Waals surface area contributed by atoms with Crippen molar-refractivity contribution in [1.82, 2.24) is 0 Å². The molecule has 0 aliphatic carbocycles. The average molecular weight is 246 g/mol. The van der Waals surface area contributed by atoms with Gasteiger partial charge in [0.2, 0.25) is 0 Å². The van der Waals surface area contributed by atoms with Crippen molar-refractivity contribution in [1.29, 1.82) is 0 Å². The Balaban J connectivity index is 2.96. The molecule has 0 bridgehead atoms. The van der Waals surface area contributed by atoms with Gasteiger partial charge < -0.3 is 5.11 Å². The van der Waals surface area contributed by atoms with E-state index in [0.29, 0.717) is 6.42 Å². The first-order valence-corrected chi connectivity index (χ1v) is 7.51. The Labute approximate surface area is 104 Å². The van der Waals surface area contributed by atoms with Gasteiger partial charge in [-0.3, -0.25) is 4.79 Å². The molecule has 0 rings (SSSR count). The first-order chi connectivity index (χ1) is 7.63. The molecule has 0 radical (unpaired) electrons. The van der Waals surface area contributed by atoms with Crippen molar-refractivity contribution in [2.24, 2.45) is 0 Å². The number of hydrogen-bond acceptors (Lipinski definition) is 2. The Kier molecular flexibility index (Phi) is 11.2. The molecule has 0 fully saturated rings. The molecule has 0 atom stereocenters. The molecule has 96 valence electrons. The van der Waals surface area contributed by atoms with Crippen molar-refractivity contribution in [2.45, 2.75) is 70.5 Å². The van der Waals surface area contributed by atoms with Gasteiger partial charge in [-0.2, -0.15) is 11.8 Å². The second-order valence-corrected chi connectivity index (χ2v) is 6.22. The smallest absolute Gasteiger partial charge is 0.303 e. The summed E-state index contributed by atoms with van der Waals surface area (Å²) in [6.45, 7) is 4.49. The lowest BCUT2D eigenvalue weighted by Crippen LogP contribution is -1.93. The summed E-state index contributed by atoms with van der Waals surface area (Å²) < 4.78 is 0. The topological polar surface area (TPSA) is 37.3 Å². The fourth-order valence-electron chi connectivity index (χ4n) is 1.58. The molecule has 0 saturated carbocycles. The van der Waals surface area contributed by atoms with E-state index in [0.717, 1.165) is 18.1 Å². The summed E-state index contributed by atoms with van der Waals surface area (Å²) in [4.78, 5) is 10.3. The van der Waals surface area contributed by atoms with Crippen LogP contribution in [0, 0.1) is 0 Å². The third-order valence-corrected chi connectivity index (χ3v) is 3.68. The molecule has 1 N–H and O–H groups in total. The van der Waals surface area contributed by atoms with E-state index in [1.165, 1.54) is 37.9 Å². The van der Waals surface area contributed by atoms with E-state index < -0.39 is 5.97 Å². The highest BCUT2D eigenvalue weighted by Crippen LogP contribution is 2.14. The molecule has 3 heteroatoms. The molecular weight excluding hydrogens is 220 g/mol. The van der Waals surface area contributed by atoms with E-state index >= 15 is 0 Å². The Bertz CT molecular complexity index is 169. The second kappa shape index (κ2) is 11.3. The van der Waals surface area contributed by atoms with Gasteiger partial charge in [0.25, 0.3) is 0 Å². The molecule has 0 aliphatic heterocycles. The summed E-state index contributed by atoms with van der Waals surface area (Å²) in [6, 6.07) is 0. The van der Waals surface area contributed by atoms with Crippen LogP contribution in [0.4, 0.5) is 0 Å². The van der Waals surface area contributed by atoms with E-state index in [9.17, 15) is 4.79 Å². The zero-order chi connectivity index (χ0) is 12.2. The Morgan fingerprint density at radius 3 is 2.00 bits per heavy atom. The van der Waals surface area contributed by atoms with Crippen LogP contribution >= 0.6 is 11.8 Å². The Hall–Kier alpha value is -0.180. The quantitative estimate of drug-likeness (QED) is 0.551. The minimum atomic E-state index is -0.661. The number of hydrogen-bond donors (Lipinski definition) is 1. The lowest BCUT2D eigenvalue weighted by molar-refractivity contribution is -0.137. The first-order valence-electron chi connectivity index (χ1n) is 6.46. The number of carboxylic acids is 1. The van der Waals surface area contributed by atoms with Crippen LogP contribution in [-0.2, 0) is 4.79 Å². The first kappa shape index (κ1) is 15.8. The number of unbranched alkanes of at least 4 members (excludes halogenated alkanes) is 6. The highest BCUT2D eigenvalue weighted by Gasteiger charge is 1.97. The monoisotopic (exact) mass is 246 g/mol. The maximum Gasteiger partial charge on any atom is 0.303 e. The van der Waals surface area contributed by atoms with Gasteiger partial charge in [0.05, 0.1) is 0 Å². The van der Waals surface area contributed by atoms with Gasteiger partial charge in [0, 0.05) is 6.42 Å². The minimum absolute atomic E-state index is 0.338. The summed E-state index contributed by atoms with van der Waals surface area (Å²) >= 11 is 2.04. The molecule has 0 saturated heterocycles. The van der Waals surface area contributed by atoms with Crippen molar-refractivity contribution < 1.29 is 9.90 Å². The SMILES string of the molecule is CC(C)SCCCCCCCCCC(=O)O. The molecule has 0 amide bonds. The molecule has 0 spiro atoms. The molecule has 0 aliphatic rings. The van der Waals surface area contributed by atoms with Crippen molar-refractivity contribution in [3.8, 4) is 0 Å². The number of aliphatic carboxylic acids is 1. The molecule has 16 heavy (non-hydrogen) atoms. The van der Waals surface area contributed by atoms with Gasteiger partial charge in [-0.05, 0) is 23.8 Å². The standard InChI is InChI=1S/C13H26O2S/c1-12(2)16-11-9-7-5-3-4-6-8-10-13(14)15/h12H,3-11H2,1-2H3,(H,14,15). The number of carbonyl (C=O) groups is 1. The molecule has 0 aromatic heterocycles. The molecule has 0 unspecified atom stereocenters. The lowest BCUT2D eigenvalue weighted by atomic mass is 10.1. The van der Waals surface area contributed by atoms with E-state index in [1.54, 1.807) is 0 Å². The number of carboxylic acid groups (broad SMARTS) is 1. The highest BCUT2D eigenvalue weighted by molar-refractivity contribution is 7.99. The number of rotatable bonds is 11. The predicted octanol–water partition coefficient (Wildman–Crippen LogP) is 4.33. The van der Waals surface area contributed by atoms with Crippen molar-refractivity contribution >= 4 is 17.7 Å². The van der Waals surface area contributed by atoms with Crippen LogP contribution < -0.4 is 0 Å². The van der Waals surface area contributed by atoms with Crippen LogP contribution in [0.3, 0.4) is 0 Å². The summed E-state index contributed by atoms with van der Waals surface area (Å²) in [7, 11) is 0. The summed E-state index contributed by atoms with van der Waals surface area (Å²) in [6.07, 6.45) is 8.70. The van der Waals surface area contributed by atoms with Gasteiger partial charge in [-0.25, -0.2) is 0 Å². The van der Waals surface area contributed by atoms with Crippen molar-refractivity contribution in [2.75, 3.05) is 5.75 Å². The molecule has 0 aromatic carbocycles. The molecule has 2 nitrogen and oxygen atoms in total. The number of thioether (sulfide) groups is 1. The zero-order valence-corrected chi connectivity index (χ0v) is 11.5. The summed E-state index contributed by atoms with van der Waals surface area (Å²) in [5.41, 5.74) is 0. The summed E-state index contributed by atoms with van der Waals surface area (Å²) in [5.74, 6) is 0.627. The highest BCUT2D eigenvalue weighted by atomic mass is 32.2. The van der Waals surface area contributed by atoms with Crippen LogP contribution in [-0.4, -0.2) is 22.1 Å². The van der Waals surface area contributed by atoms with Gasteiger partial charge >= 0.3 is 5.97 Å². The van der Waals surface area contributed by atoms with Crippen LogP contribution in [0.1, 0.15) is 65.2 Å². The molecule has 0 heterocycles. The summed E-state index contributed by atoms with van der Waals surface area (Å²) in [5, 5.41) is 9.22. The molecular formula is C13H26O2S. The van der Waals surface area contributed by atoms with E-state index in [1.807, 2.05) is 11.8 Å². The van der Waals surface area contributed by atoms with Crippen LogP contribution in [0.15, 0.2) is 0 Å². The third-order valence-electron chi connectivity index (χ3n) is 2.49. The maximum absolute atomic E-state index is 10.3. The fourth-order valence-corrected chi connectivity index (χ4v) is 2.42. The van der Waals surface area contributed by atoms with Crippen molar-refractivity contribution in [3.05, 3.63) is 0 Å². The lowest BCUT2D eigenvalue weighted by Gasteiger charge is -2.04. The average Bonchev–Trinajstić information content (AvgIpc) is 2.20. The second-order valence-electron chi connectivity index (χ2n) is 4.54. The van der Waals surface area contributed by atoms with E-state index in [-0.39, 0.29) is 0 Å². The van der Waals surface area contributed by atoms with Gasteiger partial charge in [0.1, 0.15) is 0 Å². The van der Waals surface area contributed by atoms with E-state index in [2.05, 4.69) is 13.8 Å². The largest absolute Gasteiger partial charge is 0.481 e. The van der Waals surface area contributed by atoms with Crippen LogP contribution in [0.2, 0.25) is 0 Å². The van der Waals surface area contributed by atoms with Gasteiger partial charge in [-0.15, -0.1) is 0 Å². The van der Waals surface area contributed by atoms with Crippen molar-refractivity contribution in [3.63, 3.8) is 0 Å². The Morgan fingerprint density at radius 2 is 1.50 bits per heavy atom. The maximum atomic E-state index is 10.3. The van der Waals surface area contributed by atoms with E-state index in [4.69, 9.17) is 5.11 Å². The van der Waals surface area contributed by atoms with Crippen LogP contribution in [0.5, 0.6) is 0 Å². The fraction of sp³-hybridized carbons (Fsp3) is 0.923. The molecule has 0 aromatic rings. The predicted molar refractivity (Wildman–Crippen MR) is 72.2 cm³/mol. The van der Waals surface area contributed by atoms with Crippen LogP contribution in [0.25, 0.3) is 0 Å². The Morgan fingerprint density at radius 1 is 1.00 bits per heavy atom. The zero-order valence-electron chi connectivity index (χ0n) is 10.7.